The molecule has 0 saturated carbocycles. The first kappa shape index (κ1) is 22.4. The van der Waals surface area contributed by atoms with Gasteiger partial charge in [0.25, 0.3) is 17.7 Å². The quantitative estimate of drug-likeness (QED) is 0.478. The zero-order valence-corrected chi connectivity index (χ0v) is 18.0. The Kier molecular flexibility index (Phi) is 6.13. The van der Waals surface area contributed by atoms with Gasteiger partial charge in [0.2, 0.25) is 0 Å². The van der Waals surface area contributed by atoms with Crippen LogP contribution in [0.3, 0.4) is 0 Å². The van der Waals surface area contributed by atoms with E-state index in [-0.39, 0.29) is 22.0 Å². The average Bonchev–Trinajstić information content (AvgIpc) is 3.00. The first-order chi connectivity index (χ1) is 15.8. The number of rotatable bonds is 5. The summed E-state index contributed by atoms with van der Waals surface area (Å²) >= 11 is 11.8. The van der Waals surface area contributed by atoms with Crippen molar-refractivity contribution >= 4 is 58.0 Å². The van der Waals surface area contributed by atoms with Crippen LogP contribution in [0.4, 0.5) is 25.8 Å². The normalized spacial score (nSPS) is 13.5. The predicted octanol–water partition coefficient (Wildman–Crippen LogP) is 5.31. The van der Waals surface area contributed by atoms with Crippen molar-refractivity contribution in [3.63, 3.8) is 0 Å². The van der Waals surface area contributed by atoms with Crippen molar-refractivity contribution in [1.29, 1.82) is 0 Å². The van der Waals surface area contributed by atoms with E-state index in [1.54, 1.807) is 0 Å². The lowest BCUT2D eigenvalue weighted by molar-refractivity contribution is -0.120. The molecule has 3 amide bonds. The molecule has 3 aromatic carbocycles. The molecule has 0 spiro atoms. The highest BCUT2D eigenvalue weighted by atomic mass is 35.5. The Morgan fingerprint density at radius 3 is 2.15 bits per heavy atom. The Bertz CT molecular complexity index is 1330. The van der Waals surface area contributed by atoms with Crippen LogP contribution < -0.4 is 15.5 Å². The molecule has 33 heavy (non-hydrogen) atoms. The molecule has 0 unspecified atom stereocenters. The number of hydrogen-bond donors (Lipinski definition) is 2. The van der Waals surface area contributed by atoms with Crippen LogP contribution in [0.25, 0.3) is 0 Å². The van der Waals surface area contributed by atoms with E-state index in [1.807, 2.05) is 0 Å². The molecule has 10 heteroatoms. The van der Waals surface area contributed by atoms with Crippen molar-refractivity contribution in [3.8, 4) is 0 Å². The van der Waals surface area contributed by atoms with Crippen LogP contribution in [0, 0.1) is 11.6 Å². The molecule has 0 aliphatic carbocycles. The molecular weight excluding hydrogens is 475 g/mol. The van der Waals surface area contributed by atoms with Crippen LogP contribution in [-0.2, 0) is 9.59 Å². The van der Waals surface area contributed by atoms with Gasteiger partial charge >= 0.3 is 0 Å². The Labute approximate surface area is 196 Å². The van der Waals surface area contributed by atoms with Crippen LogP contribution in [-0.4, -0.2) is 17.7 Å². The maximum Gasteiger partial charge on any atom is 0.283 e. The maximum atomic E-state index is 14.1. The summed E-state index contributed by atoms with van der Waals surface area (Å²) in [5.74, 6) is -3.50. The molecule has 0 atom stereocenters. The summed E-state index contributed by atoms with van der Waals surface area (Å²) in [6.07, 6.45) is 0. The number of hydrogen-bond acceptors (Lipinski definition) is 4. The lowest BCUT2D eigenvalue weighted by atomic mass is 10.2. The highest BCUT2D eigenvalue weighted by molar-refractivity contribution is 6.53. The Balaban J connectivity index is 1.49. The molecule has 4 rings (SSSR count). The number of halogens is 4. The Morgan fingerprint density at radius 2 is 1.48 bits per heavy atom. The summed E-state index contributed by atoms with van der Waals surface area (Å²) in [5, 5.41) is 4.81. The molecule has 0 fully saturated rings. The fraction of sp³-hybridized carbons (Fsp3) is 0. The van der Waals surface area contributed by atoms with Gasteiger partial charge in [0, 0.05) is 16.9 Å². The first-order valence-electron chi connectivity index (χ1n) is 9.43. The van der Waals surface area contributed by atoms with Crippen LogP contribution in [0.15, 0.2) is 77.5 Å². The smallest absolute Gasteiger partial charge is 0.283 e. The molecule has 166 valence electrons. The summed E-state index contributed by atoms with van der Waals surface area (Å²) in [7, 11) is 0. The van der Waals surface area contributed by atoms with E-state index in [4.69, 9.17) is 23.2 Å². The largest absolute Gasteiger partial charge is 0.350 e. The highest BCUT2D eigenvalue weighted by Crippen LogP contribution is 2.31. The monoisotopic (exact) mass is 487 g/mol. The first-order valence-corrected chi connectivity index (χ1v) is 10.2. The summed E-state index contributed by atoms with van der Waals surface area (Å²) < 4.78 is 27.4. The number of nitrogens with one attached hydrogen (secondary N) is 2. The van der Waals surface area contributed by atoms with E-state index in [0.717, 1.165) is 12.1 Å². The van der Waals surface area contributed by atoms with E-state index in [9.17, 15) is 23.2 Å². The van der Waals surface area contributed by atoms with E-state index in [0.29, 0.717) is 16.3 Å². The number of anilines is 3. The van der Waals surface area contributed by atoms with Crippen LogP contribution in [0.1, 0.15) is 10.4 Å². The lowest BCUT2D eigenvalue weighted by Crippen LogP contribution is -2.33. The summed E-state index contributed by atoms with van der Waals surface area (Å²) in [4.78, 5) is 38.3. The van der Waals surface area contributed by atoms with Gasteiger partial charge in [-0.1, -0.05) is 35.3 Å². The standard InChI is InChI=1S/C23H13Cl2F2N3O3/c24-15-11-14(9-10-16(15)26)29-21(31)12-5-7-13(8-6-12)28-20-19(25)22(32)30(23(20)33)18-4-2-1-3-17(18)27/h1-11,28H,(H,29,31). The topological polar surface area (TPSA) is 78.5 Å². The van der Waals surface area contributed by atoms with E-state index in [1.165, 1.54) is 54.6 Å². The molecule has 1 heterocycles. The van der Waals surface area contributed by atoms with Crippen molar-refractivity contribution in [2.24, 2.45) is 0 Å². The number of amides is 3. The van der Waals surface area contributed by atoms with Gasteiger partial charge in [0.15, 0.2) is 0 Å². The number of para-hydroxylation sites is 1. The van der Waals surface area contributed by atoms with E-state index < -0.39 is 34.4 Å². The minimum atomic E-state index is -0.858. The average molecular weight is 488 g/mol. The molecule has 6 nitrogen and oxygen atoms in total. The van der Waals surface area contributed by atoms with E-state index >= 15 is 0 Å². The lowest BCUT2D eigenvalue weighted by Gasteiger charge is -2.15. The second-order valence-corrected chi connectivity index (χ2v) is 7.66. The second-order valence-electron chi connectivity index (χ2n) is 6.87. The fourth-order valence-corrected chi connectivity index (χ4v) is 3.48. The Hall–Kier alpha value is -3.75. The van der Waals surface area contributed by atoms with Gasteiger partial charge in [-0.15, -0.1) is 0 Å². The molecule has 2 N–H and O–H groups in total. The van der Waals surface area contributed by atoms with Crippen molar-refractivity contribution in [3.05, 3.63) is 99.7 Å². The molecule has 1 aliphatic rings. The predicted molar refractivity (Wildman–Crippen MR) is 121 cm³/mol. The SMILES string of the molecule is O=C(Nc1ccc(F)c(Cl)c1)c1ccc(NC2=C(Cl)C(=O)N(c3ccccc3F)C2=O)cc1. The summed E-state index contributed by atoms with van der Waals surface area (Å²) in [5.41, 5.74) is 0.510. The molecule has 0 saturated heterocycles. The van der Waals surface area contributed by atoms with Crippen molar-refractivity contribution in [2.45, 2.75) is 0 Å². The molecule has 0 radical (unpaired) electrons. The van der Waals surface area contributed by atoms with Crippen LogP contribution >= 0.6 is 23.2 Å². The fourth-order valence-electron chi connectivity index (χ4n) is 3.09. The van der Waals surface area contributed by atoms with Crippen LogP contribution in [0.2, 0.25) is 5.02 Å². The number of carbonyl (C=O) groups is 3. The molecule has 1 aliphatic heterocycles. The summed E-state index contributed by atoms with van der Waals surface area (Å²) in [6, 6.07) is 15.0. The van der Waals surface area contributed by atoms with Crippen molar-refractivity contribution in [2.75, 3.05) is 15.5 Å². The van der Waals surface area contributed by atoms with Gasteiger partial charge < -0.3 is 10.6 Å². The van der Waals surface area contributed by atoms with Gasteiger partial charge in [-0.2, -0.15) is 0 Å². The molecule has 0 aromatic heterocycles. The minimum absolute atomic E-state index is 0.127. The minimum Gasteiger partial charge on any atom is -0.350 e. The van der Waals surface area contributed by atoms with Crippen molar-refractivity contribution in [1.82, 2.24) is 0 Å². The third kappa shape index (κ3) is 4.44. The molecule has 3 aromatic rings. The highest BCUT2D eigenvalue weighted by Gasteiger charge is 2.40. The zero-order valence-electron chi connectivity index (χ0n) is 16.5. The van der Waals surface area contributed by atoms with Gasteiger partial charge in [-0.3, -0.25) is 14.4 Å². The second kappa shape index (κ2) is 9.01. The third-order valence-electron chi connectivity index (χ3n) is 4.71. The molecule has 0 bridgehead atoms. The number of benzene rings is 3. The van der Waals surface area contributed by atoms with Gasteiger partial charge in [-0.05, 0) is 54.6 Å². The van der Waals surface area contributed by atoms with Crippen LogP contribution in [0.5, 0.6) is 0 Å². The van der Waals surface area contributed by atoms with Gasteiger partial charge in [0.05, 0.1) is 10.7 Å². The van der Waals surface area contributed by atoms with Gasteiger partial charge in [0.1, 0.15) is 22.4 Å². The molecular formula is C23H13Cl2F2N3O3. The number of imide groups is 1. The zero-order chi connectivity index (χ0) is 23.7. The maximum absolute atomic E-state index is 14.1. The number of carbonyl (C=O) groups excluding carboxylic acids is 3. The number of nitrogens with zero attached hydrogens (tertiary/aromatic N) is 1. The summed E-state index contributed by atoms with van der Waals surface area (Å²) in [6.45, 7) is 0. The van der Waals surface area contributed by atoms with E-state index in [2.05, 4.69) is 10.6 Å². The Morgan fingerprint density at radius 1 is 0.818 bits per heavy atom. The van der Waals surface area contributed by atoms with Crippen molar-refractivity contribution < 1.29 is 23.2 Å². The third-order valence-corrected chi connectivity index (χ3v) is 5.35. The van der Waals surface area contributed by atoms with Gasteiger partial charge in [-0.25, -0.2) is 13.7 Å².